The summed E-state index contributed by atoms with van der Waals surface area (Å²) in [6.07, 6.45) is 0.239. The van der Waals surface area contributed by atoms with Gasteiger partial charge in [0.15, 0.2) is 11.0 Å². The fraction of sp³-hybridized carbons (Fsp3) is 0.304. The Morgan fingerprint density at radius 2 is 1.85 bits per heavy atom. The first-order valence-electron chi connectivity index (χ1n) is 10.5. The summed E-state index contributed by atoms with van der Waals surface area (Å²) in [5.74, 6) is 1.09. The molecule has 3 aromatic rings. The maximum absolute atomic E-state index is 12.5. The van der Waals surface area contributed by atoms with Crippen LogP contribution in [0, 0.1) is 0 Å². The predicted octanol–water partition coefficient (Wildman–Crippen LogP) is 4.76. The number of carbonyl (C=O) groups is 2. The monoisotopic (exact) mass is 521 g/mol. The predicted molar refractivity (Wildman–Crippen MR) is 135 cm³/mol. The van der Waals surface area contributed by atoms with E-state index in [-0.39, 0.29) is 30.0 Å². The zero-order valence-corrected chi connectivity index (χ0v) is 21.3. The number of anilines is 1. The van der Waals surface area contributed by atoms with Gasteiger partial charge >= 0.3 is 0 Å². The lowest BCUT2D eigenvalue weighted by molar-refractivity contribution is -0.121. The smallest absolute Gasteiger partial charge is 0.234 e. The molecule has 2 N–H and O–H groups in total. The summed E-state index contributed by atoms with van der Waals surface area (Å²) in [5, 5.41) is 15.4. The molecule has 0 radical (unpaired) electrons. The van der Waals surface area contributed by atoms with Crippen molar-refractivity contribution in [1.29, 1.82) is 0 Å². The quantitative estimate of drug-likeness (QED) is 0.373. The van der Waals surface area contributed by atoms with Crippen LogP contribution in [0.25, 0.3) is 0 Å². The molecule has 1 atom stereocenters. The minimum atomic E-state index is -0.355. The summed E-state index contributed by atoms with van der Waals surface area (Å²) in [6, 6.07) is 12.0. The van der Waals surface area contributed by atoms with Gasteiger partial charge in [0.1, 0.15) is 5.75 Å². The lowest BCUT2D eigenvalue weighted by atomic mass is 10.1. The van der Waals surface area contributed by atoms with Crippen LogP contribution >= 0.6 is 35.0 Å². The molecule has 180 valence electrons. The lowest BCUT2D eigenvalue weighted by Crippen LogP contribution is -2.30. The molecule has 0 aliphatic rings. The van der Waals surface area contributed by atoms with E-state index < -0.39 is 0 Å². The van der Waals surface area contributed by atoms with Crippen LogP contribution in [0.15, 0.2) is 47.6 Å². The Bertz CT molecular complexity index is 1150. The van der Waals surface area contributed by atoms with Crippen molar-refractivity contribution in [1.82, 2.24) is 20.1 Å². The van der Waals surface area contributed by atoms with Gasteiger partial charge in [0, 0.05) is 6.54 Å². The number of benzene rings is 2. The second-order valence-corrected chi connectivity index (χ2v) is 9.06. The highest BCUT2D eigenvalue weighted by Crippen LogP contribution is 2.30. The zero-order chi connectivity index (χ0) is 24.7. The van der Waals surface area contributed by atoms with Gasteiger partial charge in [0.2, 0.25) is 11.8 Å². The summed E-state index contributed by atoms with van der Waals surface area (Å²) < 4.78 is 7.02. The molecule has 1 aromatic heterocycles. The van der Waals surface area contributed by atoms with Gasteiger partial charge in [-0.1, -0.05) is 53.2 Å². The fourth-order valence-corrected chi connectivity index (χ4v) is 4.38. The van der Waals surface area contributed by atoms with Gasteiger partial charge in [-0.3, -0.25) is 9.59 Å². The molecule has 1 heterocycles. The van der Waals surface area contributed by atoms with E-state index in [1.807, 2.05) is 42.7 Å². The van der Waals surface area contributed by atoms with Crippen molar-refractivity contribution in [2.75, 3.05) is 18.2 Å². The summed E-state index contributed by atoms with van der Waals surface area (Å²) in [6.45, 7) is 4.39. The van der Waals surface area contributed by atoms with Crippen LogP contribution in [0.1, 0.15) is 31.3 Å². The molecule has 0 fully saturated rings. The Morgan fingerprint density at radius 3 is 2.53 bits per heavy atom. The average molecular weight is 522 g/mol. The van der Waals surface area contributed by atoms with Gasteiger partial charge < -0.3 is 19.9 Å². The van der Waals surface area contributed by atoms with Gasteiger partial charge in [-0.15, -0.1) is 10.2 Å². The van der Waals surface area contributed by atoms with Crippen LogP contribution in [0.5, 0.6) is 5.75 Å². The molecule has 0 bridgehead atoms. The molecule has 34 heavy (non-hydrogen) atoms. The number of rotatable bonds is 10. The number of nitrogens with one attached hydrogen (secondary N) is 2. The molecular formula is C23H25Cl2N5O3S. The summed E-state index contributed by atoms with van der Waals surface area (Å²) in [4.78, 5) is 24.9. The second-order valence-electron chi connectivity index (χ2n) is 7.34. The molecule has 3 rings (SSSR count). The Hall–Kier alpha value is -2.75. The highest BCUT2D eigenvalue weighted by atomic mass is 35.5. The molecule has 11 heteroatoms. The molecule has 0 unspecified atom stereocenters. The molecule has 0 saturated heterocycles. The number of aromatic nitrogens is 3. The normalized spacial score (nSPS) is 11.7. The molecule has 0 aliphatic carbocycles. The largest absolute Gasteiger partial charge is 0.497 e. The van der Waals surface area contributed by atoms with E-state index in [9.17, 15) is 9.59 Å². The van der Waals surface area contributed by atoms with Gasteiger partial charge in [-0.05, 0) is 43.7 Å². The van der Waals surface area contributed by atoms with E-state index in [1.54, 1.807) is 25.3 Å². The number of carbonyl (C=O) groups excluding carboxylic acids is 2. The highest BCUT2D eigenvalue weighted by Gasteiger charge is 2.20. The van der Waals surface area contributed by atoms with Gasteiger partial charge in [-0.2, -0.15) is 0 Å². The van der Waals surface area contributed by atoms with E-state index in [0.29, 0.717) is 33.3 Å². The molecule has 2 aromatic carbocycles. The van der Waals surface area contributed by atoms with Crippen LogP contribution in [0.2, 0.25) is 10.0 Å². The van der Waals surface area contributed by atoms with E-state index in [2.05, 4.69) is 20.8 Å². The van der Waals surface area contributed by atoms with Crippen molar-refractivity contribution in [2.24, 2.45) is 0 Å². The highest BCUT2D eigenvalue weighted by molar-refractivity contribution is 7.99. The van der Waals surface area contributed by atoms with E-state index in [4.69, 9.17) is 27.9 Å². The van der Waals surface area contributed by atoms with Crippen LogP contribution in [-0.2, 0) is 22.6 Å². The molecule has 0 spiro atoms. The Labute approximate surface area is 212 Å². The number of nitrogens with zero attached hydrogens (tertiary/aromatic N) is 3. The molecule has 2 amide bonds. The van der Waals surface area contributed by atoms with Crippen molar-refractivity contribution in [3.63, 3.8) is 0 Å². The Morgan fingerprint density at radius 1 is 1.12 bits per heavy atom. The fourth-order valence-electron chi connectivity index (χ4n) is 3.23. The standard InChI is InChI=1S/C23H25Cl2N5O3S/c1-4-30-22(14(2)26-19(31)12-15-8-10-16(33-3)11-9-15)28-29-23(30)34-13-20(32)27-18-7-5-6-17(24)21(18)25/h5-11,14H,4,12-13H2,1-3H3,(H,26,31)(H,27,32)/t14-/m0/s1. The third kappa shape index (κ3) is 6.65. The van der Waals surface area contributed by atoms with Crippen LogP contribution < -0.4 is 15.4 Å². The first-order valence-corrected chi connectivity index (χ1v) is 12.3. The minimum Gasteiger partial charge on any atom is -0.497 e. The lowest BCUT2D eigenvalue weighted by Gasteiger charge is -2.15. The van der Waals surface area contributed by atoms with Crippen molar-refractivity contribution >= 4 is 52.5 Å². The molecule has 0 saturated carbocycles. The second kappa shape index (κ2) is 12.1. The van der Waals surface area contributed by atoms with Gasteiger partial charge in [-0.25, -0.2) is 0 Å². The third-order valence-corrected chi connectivity index (χ3v) is 6.69. The number of halogens is 2. The van der Waals surface area contributed by atoms with Crippen LogP contribution in [-0.4, -0.2) is 39.4 Å². The van der Waals surface area contributed by atoms with Crippen molar-refractivity contribution in [3.8, 4) is 5.75 Å². The van der Waals surface area contributed by atoms with E-state index in [1.165, 1.54) is 11.8 Å². The number of hydrogen-bond acceptors (Lipinski definition) is 6. The average Bonchev–Trinajstić information content (AvgIpc) is 3.24. The number of ether oxygens (including phenoxy) is 1. The molecule has 0 aliphatic heterocycles. The van der Waals surface area contributed by atoms with E-state index in [0.717, 1.165) is 11.3 Å². The molecule has 8 nitrogen and oxygen atoms in total. The molecular weight excluding hydrogens is 497 g/mol. The van der Waals surface area contributed by atoms with Gasteiger partial charge in [0.25, 0.3) is 0 Å². The number of thioether (sulfide) groups is 1. The topological polar surface area (TPSA) is 98.1 Å². The summed E-state index contributed by atoms with van der Waals surface area (Å²) >= 11 is 13.4. The summed E-state index contributed by atoms with van der Waals surface area (Å²) in [7, 11) is 1.60. The summed E-state index contributed by atoms with van der Waals surface area (Å²) in [5.41, 5.74) is 1.33. The zero-order valence-electron chi connectivity index (χ0n) is 19.0. The number of hydrogen-bond donors (Lipinski definition) is 2. The first-order chi connectivity index (χ1) is 16.3. The van der Waals surface area contributed by atoms with E-state index >= 15 is 0 Å². The van der Waals surface area contributed by atoms with Crippen molar-refractivity contribution < 1.29 is 14.3 Å². The first kappa shape index (κ1) is 25.9. The van der Waals surface area contributed by atoms with Crippen molar-refractivity contribution in [3.05, 3.63) is 63.9 Å². The maximum atomic E-state index is 12.5. The third-order valence-electron chi connectivity index (χ3n) is 4.91. The van der Waals surface area contributed by atoms with Gasteiger partial charge in [0.05, 0.1) is 41.1 Å². The Balaban J connectivity index is 1.58. The van der Waals surface area contributed by atoms with Crippen LogP contribution in [0.3, 0.4) is 0 Å². The number of methoxy groups -OCH3 is 1. The minimum absolute atomic E-state index is 0.110. The van der Waals surface area contributed by atoms with Crippen molar-refractivity contribution in [2.45, 2.75) is 38.0 Å². The van der Waals surface area contributed by atoms with Crippen LogP contribution in [0.4, 0.5) is 5.69 Å². The Kier molecular flexibility index (Phi) is 9.20. The maximum Gasteiger partial charge on any atom is 0.234 e. The SMILES string of the molecule is CCn1c(SCC(=O)Nc2cccc(Cl)c2Cl)nnc1[C@H](C)NC(=O)Cc1ccc(OC)cc1. The number of amides is 2.